The van der Waals surface area contributed by atoms with Crippen LogP contribution in [0.1, 0.15) is 23.6 Å². The minimum Gasteiger partial charge on any atom is -0.496 e. The molecule has 0 spiro atoms. The Morgan fingerprint density at radius 3 is 2.50 bits per heavy atom. The van der Waals surface area contributed by atoms with Crippen LogP contribution in [0.5, 0.6) is 17.2 Å². The van der Waals surface area contributed by atoms with Crippen LogP contribution < -0.4 is 19.6 Å². The van der Waals surface area contributed by atoms with Crippen molar-refractivity contribution < 1.29 is 14.2 Å². The Morgan fingerprint density at radius 2 is 1.73 bits per heavy atom. The molecule has 0 heterocycles. The van der Waals surface area contributed by atoms with Gasteiger partial charge >= 0.3 is 0 Å². The molecule has 0 bridgehead atoms. The molecule has 6 heteroatoms. The number of rotatable bonds is 10. The van der Waals surface area contributed by atoms with E-state index < -0.39 is 0 Å². The van der Waals surface area contributed by atoms with Gasteiger partial charge in [0.2, 0.25) is 0 Å². The van der Waals surface area contributed by atoms with Gasteiger partial charge in [0.1, 0.15) is 12.4 Å². The summed E-state index contributed by atoms with van der Waals surface area (Å²) in [6, 6.07) is 21.8. The number of nitrogens with zero attached hydrogens (tertiary/aromatic N) is 1. The van der Waals surface area contributed by atoms with E-state index in [1.54, 1.807) is 13.3 Å². The Morgan fingerprint density at radius 1 is 0.967 bits per heavy atom. The lowest BCUT2D eigenvalue weighted by Crippen LogP contribution is -2.07. The number of benzene rings is 3. The Bertz CT molecular complexity index is 977. The average molecular weight is 469 g/mol. The van der Waals surface area contributed by atoms with Crippen molar-refractivity contribution in [1.29, 1.82) is 0 Å². The van der Waals surface area contributed by atoms with Crippen molar-refractivity contribution in [2.45, 2.75) is 20.1 Å². The molecule has 0 unspecified atom stereocenters. The Labute approximate surface area is 185 Å². The normalized spacial score (nSPS) is 10.8. The van der Waals surface area contributed by atoms with Crippen LogP contribution in [0.25, 0.3) is 0 Å². The van der Waals surface area contributed by atoms with Gasteiger partial charge in [-0.05, 0) is 52.2 Å². The predicted molar refractivity (Wildman–Crippen MR) is 124 cm³/mol. The van der Waals surface area contributed by atoms with Gasteiger partial charge in [0.25, 0.3) is 0 Å². The van der Waals surface area contributed by atoms with Crippen molar-refractivity contribution in [3.63, 3.8) is 0 Å². The van der Waals surface area contributed by atoms with Crippen molar-refractivity contribution in [2.75, 3.05) is 13.7 Å². The lowest BCUT2D eigenvalue weighted by Gasteiger charge is -2.14. The van der Waals surface area contributed by atoms with E-state index >= 15 is 0 Å². The van der Waals surface area contributed by atoms with E-state index in [0.717, 1.165) is 26.9 Å². The maximum absolute atomic E-state index is 6.02. The molecule has 0 amide bonds. The maximum Gasteiger partial charge on any atom is 0.175 e. The summed E-state index contributed by atoms with van der Waals surface area (Å²) in [5, 5.41) is 4.33. The van der Waals surface area contributed by atoms with Gasteiger partial charge in [0.05, 0.1) is 30.9 Å². The third-order valence-electron chi connectivity index (χ3n) is 4.32. The van der Waals surface area contributed by atoms with E-state index in [0.29, 0.717) is 31.3 Å². The second-order valence-electron chi connectivity index (χ2n) is 6.44. The van der Waals surface area contributed by atoms with Gasteiger partial charge in [-0.1, -0.05) is 48.5 Å². The van der Waals surface area contributed by atoms with Crippen molar-refractivity contribution in [1.82, 2.24) is 5.43 Å². The first kappa shape index (κ1) is 21.7. The summed E-state index contributed by atoms with van der Waals surface area (Å²) < 4.78 is 18.0. The van der Waals surface area contributed by atoms with Crippen LogP contribution >= 0.6 is 15.9 Å². The highest BCUT2D eigenvalue weighted by molar-refractivity contribution is 9.10. The molecule has 0 aliphatic rings. The smallest absolute Gasteiger partial charge is 0.175 e. The van der Waals surface area contributed by atoms with E-state index in [-0.39, 0.29) is 0 Å². The zero-order chi connectivity index (χ0) is 21.2. The van der Waals surface area contributed by atoms with Gasteiger partial charge in [0.15, 0.2) is 11.5 Å². The van der Waals surface area contributed by atoms with Crippen molar-refractivity contribution >= 4 is 22.1 Å². The molecule has 0 saturated carbocycles. The molecule has 156 valence electrons. The second kappa shape index (κ2) is 11.3. The fourth-order valence-corrected chi connectivity index (χ4v) is 3.47. The molecule has 0 aliphatic carbocycles. The van der Waals surface area contributed by atoms with Crippen LogP contribution in [0.3, 0.4) is 0 Å². The number of methoxy groups -OCH3 is 1. The van der Waals surface area contributed by atoms with E-state index in [2.05, 4.69) is 26.5 Å². The molecule has 0 fully saturated rings. The van der Waals surface area contributed by atoms with Crippen LogP contribution in [-0.4, -0.2) is 19.9 Å². The van der Waals surface area contributed by atoms with Crippen LogP contribution in [0.15, 0.2) is 76.3 Å². The van der Waals surface area contributed by atoms with E-state index in [4.69, 9.17) is 14.2 Å². The molecule has 0 radical (unpaired) electrons. The molecule has 1 N–H and O–H groups in total. The first-order valence-electron chi connectivity index (χ1n) is 9.72. The summed E-state index contributed by atoms with van der Waals surface area (Å²) in [5.74, 6) is 2.19. The summed E-state index contributed by atoms with van der Waals surface area (Å²) in [6.07, 6.45) is 1.75. The molecular weight excluding hydrogens is 444 g/mol. The number of para-hydroxylation sites is 1. The average Bonchev–Trinajstić information content (AvgIpc) is 2.77. The Balaban J connectivity index is 1.68. The summed E-state index contributed by atoms with van der Waals surface area (Å²) in [7, 11) is 1.66. The predicted octanol–water partition coefficient (Wildman–Crippen LogP) is 5.56. The molecule has 3 aromatic rings. The van der Waals surface area contributed by atoms with Gasteiger partial charge < -0.3 is 19.6 Å². The highest BCUT2D eigenvalue weighted by atomic mass is 79.9. The van der Waals surface area contributed by atoms with Crippen LogP contribution in [-0.2, 0) is 13.2 Å². The molecule has 3 rings (SSSR count). The minimum absolute atomic E-state index is 0.466. The molecule has 30 heavy (non-hydrogen) atoms. The molecule has 3 aromatic carbocycles. The monoisotopic (exact) mass is 468 g/mol. The van der Waals surface area contributed by atoms with Gasteiger partial charge in [-0.2, -0.15) is 5.10 Å². The zero-order valence-corrected chi connectivity index (χ0v) is 18.7. The molecule has 0 saturated heterocycles. The summed E-state index contributed by atoms with van der Waals surface area (Å²) in [5.41, 5.74) is 6.09. The van der Waals surface area contributed by atoms with Crippen LogP contribution in [0, 0.1) is 0 Å². The van der Waals surface area contributed by atoms with Gasteiger partial charge in [0, 0.05) is 5.56 Å². The Hall–Kier alpha value is -2.99. The molecular formula is C24H25BrN2O3. The molecule has 5 nitrogen and oxygen atoms in total. The molecule has 0 atom stereocenters. The quantitative estimate of drug-likeness (QED) is 0.312. The largest absolute Gasteiger partial charge is 0.496 e. The van der Waals surface area contributed by atoms with Crippen molar-refractivity contribution in [2.24, 2.45) is 5.10 Å². The number of halogens is 1. The first-order chi connectivity index (χ1) is 14.7. The SMILES string of the molecule is CCOc1cc(/C=N\NCc2ccccc2OC)cc(Br)c1OCc1ccccc1. The highest BCUT2D eigenvalue weighted by Crippen LogP contribution is 2.37. The first-order valence-corrected chi connectivity index (χ1v) is 10.5. The third-order valence-corrected chi connectivity index (χ3v) is 4.91. The van der Waals surface area contributed by atoms with Crippen molar-refractivity contribution in [3.05, 3.63) is 87.9 Å². The van der Waals surface area contributed by atoms with Gasteiger partial charge in [-0.15, -0.1) is 0 Å². The molecule has 0 aromatic heterocycles. The standard InChI is InChI=1S/C24H25BrN2O3/c1-3-29-23-14-19(15-26-27-16-20-11-7-8-12-22(20)28-2)13-21(25)24(23)30-17-18-9-5-4-6-10-18/h4-15,27H,3,16-17H2,1-2H3/b26-15-. The van der Waals surface area contributed by atoms with E-state index in [9.17, 15) is 0 Å². The minimum atomic E-state index is 0.466. The summed E-state index contributed by atoms with van der Waals surface area (Å²) >= 11 is 3.60. The van der Waals surface area contributed by atoms with Crippen LogP contribution in [0.2, 0.25) is 0 Å². The van der Waals surface area contributed by atoms with Crippen LogP contribution in [0.4, 0.5) is 0 Å². The van der Waals surface area contributed by atoms with Crippen molar-refractivity contribution in [3.8, 4) is 17.2 Å². The van der Waals surface area contributed by atoms with Gasteiger partial charge in [-0.25, -0.2) is 0 Å². The third kappa shape index (κ3) is 6.00. The fourth-order valence-electron chi connectivity index (χ4n) is 2.90. The molecule has 0 aliphatic heterocycles. The number of ether oxygens (including phenoxy) is 3. The lowest BCUT2D eigenvalue weighted by molar-refractivity contribution is 0.267. The summed E-state index contributed by atoms with van der Waals surface area (Å²) in [4.78, 5) is 0. The topological polar surface area (TPSA) is 52.1 Å². The summed E-state index contributed by atoms with van der Waals surface area (Å²) in [6.45, 7) is 3.52. The number of hydrazone groups is 1. The number of hydrogen-bond donors (Lipinski definition) is 1. The number of hydrogen-bond acceptors (Lipinski definition) is 5. The Kier molecular flexibility index (Phi) is 8.15. The maximum atomic E-state index is 6.02. The van der Waals surface area contributed by atoms with E-state index in [1.165, 1.54) is 0 Å². The second-order valence-corrected chi connectivity index (χ2v) is 7.30. The van der Waals surface area contributed by atoms with E-state index in [1.807, 2.05) is 73.7 Å². The van der Waals surface area contributed by atoms with Gasteiger partial charge in [-0.3, -0.25) is 0 Å². The number of nitrogens with one attached hydrogen (secondary N) is 1. The highest BCUT2D eigenvalue weighted by Gasteiger charge is 2.12. The lowest BCUT2D eigenvalue weighted by atomic mass is 10.2. The fraction of sp³-hybridized carbons (Fsp3) is 0.208. The zero-order valence-electron chi connectivity index (χ0n) is 17.1.